The molecule has 4 rings (SSSR count). The average molecular weight is 402 g/mol. The number of anilines is 1. The molecular weight excluding hydrogens is 380 g/mol. The number of amides is 1. The van der Waals surface area contributed by atoms with Crippen molar-refractivity contribution in [3.05, 3.63) is 77.5 Å². The van der Waals surface area contributed by atoms with Crippen molar-refractivity contribution in [1.29, 1.82) is 0 Å². The van der Waals surface area contributed by atoms with Gasteiger partial charge in [-0.15, -0.1) is 0 Å². The second kappa shape index (κ2) is 7.82. The number of ether oxygens (including phenoxy) is 1. The maximum Gasteiger partial charge on any atom is 0.321 e. The highest BCUT2D eigenvalue weighted by Gasteiger charge is 2.20. The molecule has 0 atom stereocenters. The Labute approximate surface area is 174 Å². The summed E-state index contributed by atoms with van der Waals surface area (Å²) in [6, 6.07) is 11.4. The summed E-state index contributed by atoms with van der Waals surface area (Å²) in [6.45, 7) is 5.90. The van der Waals surface area contributed by atoms with Gasteiger partial charge in [0.2, 0.25) is 0 Å². The monoisotopic (exact) mass is 402 g/mol. The summed E-state index contributed by atoms with van der Waals surface area (Å²) in [4.78, 5) is 21.2. The smallest absolute Gasteiger partial charge is 0.321 e. The molecule has 0 saturated heterocycles. The highest BCUT2D eigenvalue weighted by atomic mass is 16.5. The van der Waals surface area contributed by atoms with Gasteiger partial charge in [-0.3, -0.25) is 9.48 Å². The van der Waals surface area contributed by atoms with Crippen molar-refractivity contribution in [2.24, 2.45) is 7.05 Å². The molecule has 0 aliphatic carbocycles. The largest absolute Gasteiger partial charge is 0.424 e. The van der Waals surface area contributed by atoms with Crippen LogP contribution in [0.4, 0.5) is 5.69 Å². The van der Waals surface area contributed by atoms with Gasteiger partial charge in [0.15, 0.2) is 0 Å². The van der Waals surface area contributed by atoms with Crippen LogP contribution in [-0.2, 0) is 7.05 Å². The minimum absolute atomic E-state index is 0.228. The molecule has 0 spiro atoms. The van der Waals surface area contributed by atoms with E-state index in [0.717, 1.165) is 22.8 Å². The van der Waals surface area contributed by atoms with Gasteiger partial charge in [0.1, 0.15) is 17.1 Å². The molecule has 0 unspecified atom stereocenters. The van der Waals surface area contributed by atoms with Crippen LogP contribution in [0.15, 0.2) is 55.0 Å². The van der Waals surface area contributed by atoms with Crippen molar-refractivity contribution >= 4 is 11.6 Å². The van der Waals surface area contributed by atoms with Crippen LogP contribution in [0, 0.1) is 20.8 Å². The summed E-state index contributed by atoms with van der Waals surface area (Å²) in [5.41, 5.74) is 4.11. The van der Waals surface area contributed by atoms with Crippen LogP contribution in [-0.4, -0.2) is 30.2 Å². The lowest BCUT2D eigenvalue weighted by atomic mass is 10.1. The number of hydrogen-bond donors (Lipinski definition) is 1. The van der Waals surface area contributed by atoms with Gasteiger partial charge in [-0.1, -0.05) is 0 Å². The highest BCUT2D eigenvalue weighted by Crippen LogP contribution is 2.26. The van der Waals surface area contributed by atoms with Crippen molar-refractivity contribution in [3.8, 4) is 17.6 Å². The van der Waals surface area contributed by atoms with E-state index in [4.69, 9.17) is 4.74 Å². The maximum absolute atomic E-state index is 13.1. The minimum atomic E-state index is -0.228. The van der Waals surface area contributed by atoms with Crippen molar-refractivity contribution in [2.75, 3.05) is 5.32 Å². The zero-order valence-corrected chi connectivity index (χ0v) is 17.2. The first-order chi connectivity index (χ1) is 14.4. The van der Waals surface area contributed by atoms with E-state index in [9.17, 15) is 4.79 Å². The lowest BCUT2D eigenvalue weighted by Gasteiger charge is -2.14. The number of nitrogens with zero attached hydrogens (tertiary/aromatic N) is 5. The van der Waals surface area contributed by atoms with E-state index < -0.39 is 0 Å². The number of carbonyl (C=O) groups is 1. The molecule has 152 valence electrons. The number of rotatable bonds is 5. The van der Waals surface area contributed by atoms with Crippen LogP contribution < -0.4 is 10.1 Å². The predicted octanol–water partition coefficient (Wildman–Crippen LogP) is 3.97. The zero-order chi connectivity index (χ0) is 21.3. The van der Waals surface area contributed by atoms with Crippen LogP contribution in [0.2, 0.25) is 0 Å². The lowest BCUT2D eigenvalue weighted by molar-refractivity contribution is 0.102. The van der Waals surface area contributed by atoms with E-state index in [0.29, 0.717) is 17.0 Å². The summed E-state index contributed by atoms with van der Waals surface area (Å²) in [6.07, 6.45) is 4.82. The van der Waals surface area contributed by atoms with E-state index in [-0.39, 0.29) is 11.9 Å². The SMILES string of the molecule is Cc1cc(Oc2ncccn2)ccc1NC(=O)c1cnn(C)c1-n1c(C)ccc1C. The molecule has 0 saturated carbocycles. The molecular formula is C22H22N6O2. The molecule has 8 nitrogen and oxygen atoms in total. The van der Waals surface area contributed by atoms with Gasteiger partial charge in [0.05, 0.1) is 6.20 Å². The Balaban J connectivity index is 1.58. The molecule has 0 radical (unpaired) electrons. The standard InChI is InChI=1S/C22H22N6O2/c1-14-12-17(30-22-23-10-5-11-24-22)8-9-19(14)26-20(29)18-13-25-27(4)21(18)28-15(2)6-7-16(28)3/h5-13H,1-4H3,(H,26,29). The number of benzene rings is 1. The Morgan fingerprint density at radius 3 is 2.40 bits per heavy atom. The van der Waals surface area contributed by atoms with Gasteiger partial charge in [-0.2, -0.15) is 5.10 Å². The summed E-state index contributed by atoms with van der Waals surface area (Å²) < 4.78 is 9.38. The number of carbonyl (C=O) groups excluding carboxylic acids is 1. The maximum atomic E-state index is 13.1. The van der Waals surface area contributed by atoms with Crippen molar-refractivity contribution in [2.45, 2.75) is 20.8 Å². The van der Waals surface area contributed by atoms with Gasteiger partial charge in [-0.05, 0) is 62.7 Å². The normalized spacial score (nSPS) is 10.8. The molecule has 8 heteroatoms. The Bertz CT molecular complexity index is 1190. The predicted molar refractivity (Wildman–Crippen MR) is 113 cm³/mol. The van der Waals surface area contributed by atoms with Gasteiger partial charge in [-0.25, -0.2) is 9.97 Å². The van der Waals surface area contributed by atoms with Crippen molar-refractivity contribution < 1.29 is 9.53 Å². The number of aryl methyl sites for hydroxylation is 4. The summed E-state index contributed by atoms with van der Waals surface area (Å²) in [7, 11) is 1.83. The lowest BCUT2D eigenvalue weighted by Crippen LogP contribution is -2.17. The van der Waals surface area contributed by atoms with Crippen molar-refractivity contribution in [1.82, 2.24) is 24.3 Å². The molecule has 4 aromatic rings. The Hall–Kier alpha value is -3.94. The fraction of sp³-hybridized carbons (Fsp3) is 0.182. The minimum Gasteiger partial charge on any atom is -0.424 e. The van der Waals surface area contributed by atoms with E-state index >= 15 is 0 Å². The third kappa shape index (κ3) is 3.67. The molecule has 0 aliphatic heterocycles. The van der Waals surface area contributed by atoms with Crippen molar-refractivity contribution in [3.63, 3.8) is 0 Å². The molecule has 1 N–H and O–H groups in total. The third-order valence-electron chi connectivity index (χ3n) is 4.83. The van der Waals surface area contributed by atoms with E-state index in [1.54, 1.807) is 41.5 Å². The summed E-state index contributed by atoms with van der Waals surface area (Å²) in [5, 5.41) is 7.28. The highest BCUT2D eigenvalue weighted by molar-refractivity contribution is 6.06. The summed E-state index contributed by atoms with van der Waals surface area (Å²) in [5.74, 6) is 1.09. The van der Waals surface area contributed by atoms with E-state index in [2.05, 4.69) is 20.4 Å². The van der Waals surface area contributed by atoms with E-state index in [1.165, 1.54) is 0 Å². The topological polar surface area (TPSA) is 86.9 Å². The number of aromatic nitrogens is 5. The van der Waals surface area contributed by atoms with Gasteiger partial charge in [0.25, 0.3) is 5.91 Å². The second-order valence-electron chi connectivity index (χ2n) is 7.02. The van der Waals surface area contributed by atoms with Gasteiger partial charge < -0.3 is 14.6 Å². The first kappa shape index (κ1) is 19.4. The van der Waals surface area contributed by atoms with Crippen LogP contribution in [0.5, 0.6) is 11.8 Å². The zero-order valence-electron chi connectivity index (χ0n) is 17.2. The third-order valence-corrected chi connectivity index (χ3v) is 4.83. The Morgan fingerprint density at radius 2 is 1.73 bits per heavy atom. The molecule has 30 heavy (non-hydrogen) atoms. The van der Waals surface area contributed by atoms with Gasteiger partial charge >= 0.3 is 6.01 Å². The molecule has 1 aromatic carbocycles. The van der Waals surface area contributed by atoms with Crippen LogP contribution in [0.25, 0.3) is 5.82 Å². The number of nitrogens with one attached hydrogen (secondary N) is 1. The fourth-order valence-corrected chi connectivity index (χ4v) is 3.33. The first-order valence-electron chi connectivity index (χ1n) is 9.48. The fourth-order valence-electron chi connectivity index (χ4n) is 3.33. The second-order valence-corrected chi connectivity index (χ2v) is 7.02. The Morgan fingerprint density at radius 1 is 1.03 bits per heavy atom. The van der Waals surface area contributed by atoms with Crippen LogP contribution in [0.1, 0.15) is 27.3 Å². The summed E-state index contributed by atoms with van der Waals surface area (Å²) >= 11 is 0. The Kier molecular flexibility index (Phi) is 5.05. The van der Waals surface area contributed by atoms with Crippen LogP contribution >= 0.6 is 0 Å². The van der Waals surface area contributed by atoms with Gasteiger partial charge in [0, 0.05) is 36.5 Å². The average Bonchev–Trinajstić information content (AvgIpc) is 3.26. The molecule has 0 bridgehead atoms. The molecule has 3 heterocycles. The first-order valence-corrected chi connectivity index (χ1v) is 9.48. The van der Waals surface area contributed by atoms with E-state index in [1.807, 2.05) is 50.6 Å². The number of hydrogen-bond acceptors (Lipinski definition) is 5. The van der Waals surface area contributed by atoms with Crippen LogP contribution in [0.3, 0.4) is 0 Å². The quantitative estimate of drug-likeness (QED) is 0.546. The molecule has 1 amide bonds. The molecule has 0 aliphatic rings. The molecule has 0 fully saturated rings. The molecule has 3 aromatic heterocycles.